The average molecular weight is 245 g/mol. The van der Waals surface area contributed by atoms with Crippen molar-refractivity contribution < 1.29 is 4.42 Å². The van der Waals surface area contributed by atoms with Crippen LogP contribution in [0.4, 0.5) is 5.82 Å². The third-order valence-corrected chi connectivity index (χ3v) is 3.37. The number of rotatable bonds is 4. The van der Waals surface area contributed by atoms with Crippen LogP contribution in [-0.4, -0.2) is 16.5 Å². The minimum Gasteiger partial charge on any atom is -0.472 e. The molecule has 0 saturated carbocycles. The Morgan fingerprint density at radius 1 is 1.29 bits per heavy atom. The molecule has 0 amide bonds. The zero-order valence-corrected chi connectivity index (χ0v) is 9.91. The number of nitrogens with one attached hydrogen (secondary N) is 1. The molecule has 0 unspecified atom stereocenters. The summed E-state index contributed by atoms with van der Waals surface area (Å²) in [7, 11) is 0. The van der Waals surface area contributed by atoms with Crippen LogP contribution in [0, 0.1) is 0 Å². The van der Waals surface area contributed by atoms with Crippen molar-refractivity contribution in [1.82, 2.24) is 9.97 Å². The molecule has 0 aliphatic carbocycles. The van der Waals surface area contributed by atoms with Gasteiger partial charge in [-0.15, -0.1) is 11.3 Å². The van der Waals surface area contributed by atoms with Gasteiger partial charge in [-0.3, -0.25) is 0 Å². The molecule has 0 saturated heterocycles. The molecular formula is C12H11N3OS. The first-order valence-electron chi connectivity index (χ1n) is 5.36. The normalized spacial score (nSPS) is 10.8. The molecule has 0 fully saturated rings. The van der Waals surface area contributed by atoms with Gasteiger partial charge in [0.25, 0.3) is 0 Å². The van der Waals surface area contributed by atoms with Crippen LogP contribution in [0.5, 0.6) is 0 Å². The predicted molar refractivity (Wildman–Crippen MR) is 68.3 cm³/mol. The first-order valence-corrected chi connectivity index (χ1v) is 6.24. The fourth-order valence-corrected chi connectivity index (χ4v) is 2.42. The number of thiophene rings is 1. The van der Waals surface area contributed by atoms with E-state index in [-0.39, 0.29) is 0 Å². The lowest BCUT2D eigenvalue weighted by Gasteiger charge is -2.04. The van der Waals surface area contributed by atoms with Gasteiger partial charge < -0.3 is 9.73 Å². The number of aromatic nitrogens is 2. The van der Waals surface area contributed by atoms with Gasteiger partial charge in [0.1, 0.15) is 17.0 Å². The van der Waals surface area contributed by atoms with Crippen LogP contribution in [0.2, 0.25) is 0 Å². The molecule has 0 aliphatic heterocycles. The second kappa shape index (κ2) is 4.55. The van der Waals surface area contributed by atoms with Crippen molar-refractivity contribution in [2.75, 3.05) is 11.9 Å². The van der Waals surface area contributed by atoms with E-state index >= 15 is 0 Å². The van der Waals surface area contributed by atoms with E-state index < -0.39 is 0 Å². The maximum Gasteiger partial charge on any atom is 0.138 e. The molecule has 3 aromatic heterocycles. The van der Waals surface area contributed by atoms with E-state index in [1.54, 1.807) is 30.2 Å². The van der Waals surface area contributed by atoms with Gasteiger partial charge in [0.15, 0.2) is 0 Å². The van der Waals surface area contributed by atoms with Crippen molar-refractivity contribution in [3.8, 4) is 0 Å². The summed E-state index contributed by atoms with van der Waals surface area (Å²) >= 11 is 1.63. The number of hydrogen-bond acceptors (Lipinski definition) is 5. The lowest BCUT2D eigenvalue weighted by Crippen LogP contribution is -2.06. The molecule has 0 radical (unpaired) electrons. The van der Waals surface area contributed by atoms with Gasteiger partial charge in [-0.25, -0.2) is 9.97 Å². The summed E-state index contributed by atoms with van der Waals surface area (Å²) in [6.07, 6.45) is 5.98. The van der Waals surface area contributed by atoms with Gasteiger partial charge in [-0.1, -0.05) is 0 Å². The van der Waals surface area contributed by atoms with Crippen LogP contribution in [0.1, 0.15) is 5.56 Å². The lowest BCUT2D eigenvalue weighted by molar-refractivity contribution is 0.564. The highest BCUT2D eigenvalue weighted by Crippen LogP contribution is 2.23. The number of furan rings is 1. The van der Waals surface area contributed by atoms with E-state index in [2.05, 4.69) is 15.3 Å². The van der Waals surface area contributed by atoms with Crippen molar-refractivity contribution in [1.29, 1.82) is 0 Å². The summed E-state index contributed by atoms with van der Waals surface area (Å²) in [6, 6.07) is 4.02. The minimum absolute atomic E-state index is 0.835. The molecule has 3 heterocycles. The summed E-state index contributed by atoms with van der Waals surface area (Å²) < 4.78 is 5.02. The van der Waals surface area contributed by atoms with Gasteiger partial charge >= 0.3 is 0 Å². The fourth-order valence-electron chi connectivity index (χ4n) is 1.69. The molecule has 3 rings (SSSR count). The molecule has 1 N–H and O–H groups in total. The second-order valence-electron chi connectivity index (χ2n) is 3.67. The molecule has 0 aliphatic rings. The molecule has 4 nitrogen and oxygen atoms in total. The smallest absolute Gasteiger partial charge is 0.138 e. The highest BCUT2D eigenvalue weighted by atomic mass is 32.1. The Bertz CT molecular complexity index is 603. The van der Waals surface area contributed by atoms with E-state index in [0.717, 1.165) is 29.0 Å². The van der Waals surface area contributed by atoms with Gasteiger partial charge in [-0.2, -0.15) is 0 Å². The van der Waals surface area contributed by atoms with Crippen molar-refractivity contribution in [3.05, 3.63) is 41.9 Å². The maximum atomic E-state index is 5.02. The molecule has 0 bridgehead atoms. The van der Waals surface area contributed by atoms with E-state index in [1.807, 2.05) is 17.5 Å². The van der Waals surface area contributed by atoms with Crippen molar-refractivity contribution in [3.63, 3.8) is 0 Å². The molecule has 17 heavy (non-hydrogen) atoms. The minimum atomic E-state index is 0.835. The van der Waals surface area contributed by atoms with E-state index in [0.29, 0.717) is 0 Å². The van der Waals surface area contributed by atoms with Crippen molar-refractivity contribution >= 4 is 27.4 Å². The Balaban J connectivity index is 1.70. The van der Waals surface area contributed by atoms with Crippen LogP contribution in [0.3, 0.4) is 0 Å². The first-order chi connectivity index (χ1) is 8.43. The third-order valence-electron chi connectivity index (χ3n) is 2.55. The Labute approximate surface area is 102 Å². The van der Waals surface area contributed by atoms with Crippen molar-refractivity contribution in [2.24, 2.45) is 0 Å². The Morgan fingerprint density at radius 3 is 3.18 bits per heavy atom. The van der Waals surface area contributed by atoms with E-state index in [4.69, 9.17) is 4.42 Å². The summed E-state index contributed by atoms with van der Waals surface area (Å²) in [5.74, 6) is 0.903. The highest BCUT2D eigenvalue weighted by molar-refractivity contribution is 7.16. The van der Waals surface area contributed by atoms with E-state index in [1.165, 1.54) is 5.56 Å². The van der Waals surface area contributed by atoms with Crippen LogP contribution < -0.4 is 5.32 Å². The molecule has 0 aromatic carbocycles. The Kier molecular flexibility index (Phi) is 2.75. The SMILES string of the molecule is c1nc(NCCc2ccoc2)c2ccsc2n1. The van der Waals surface area contributed by atoms with Gasteiger partial charge in [0.2, 0.25) is 0 Å². The van der Waals surface area contributed by atoms with Crippen LogP contribution in [0.25, 0.3) is 10.2 Å². The first kappa shape index (κ1) is 10.3. The molecule has 86 valence electrons. The van der Waals surface area contributed by atoms with Crippen molar-refractivity contribution in [2.45, 2.75) is 6.42 Å². The predicted octanol–water partition coefficient (Wildman–Crippen LogP) is 2.94. The zero-order valence-electron chi connectivity index (χ0n) is 9.09. The molecule has 5 heteroatoms. The molecule has 0 spiro atoms. The molecule has 0 atom stereocenters. The Hall–Kier alpha value is -1.88. The van der Waals surface area contributed by atoms with Gasteiger partial charge in [0.05, 0.1) is 17.9 Å². The van der Waals surface area contributed by atoms with Gasteiger partial charge in [-0.05, 0) is 29.5 Å². The third kappa shape index (κ3) is 2.14. The lowest BCUT2D eigenvalue weighted by atomic mass is 10.2. The highest BCUT2D eigenvalue weighted by Gasteiger charge is 2.03. The Morgan fingerprint density at radius 2 is 2.29 bits per heavy atom. The van der Waals surface area contributed by atoms with E-state index in [9.17, 15) is 0 Å². The van der Waals surface area contributed by atoms with Crippen LogP contribution in [-0.2, 0) is 6.42 Å². The molecule has 3 aromatic rings. The monoisotopic (exact) mass is 245 g/mol. The fraction of sp³-hybridized carbons (Fsp3) is 0.167. The summed E-state index contributed by atoms with van der Waals surface area (Å²) in [4.78, 5) is 9.49. The largest absolute Gasteiger partial charge is 0.472 e. The topological polar surface area (TPSA) is 51.0 Å². The number of fused-ring (bicyclic) bond motifs is 1. The van der Waals surface area contributed by atoms with Gasteiger partial charge in [0, 0.05) is 6.54 Å². The number of nitrogens with zero attached hydrogens (tertiary/aromatic N) is 2. The van der Waals surface area contributed by atoms with Crippen LogP contribution >= 0.6 is 11.3 Å². The second-order valence-corrected chi connectivity index (χ2v) is 4.56. The summed E-state index contributed by atoms with van der Waals surface area (Å²) in [5.41, 5.74) is 1.19. The standard InChI is InChI=1S/C12H11N3OS/c1(9-2-5-16-7-9)4-13-11-10-3-6-17-12(10)15-8-14-11/h2-3,5-8H,1,4H2,(H,13,14,15). The summed E-state index contributed by atoms with van der Waals surface area (Å²) in [6.45, 7) is 0.835. The van der Waals surface area contributed by atoms with Crippen LogP contribution in [0.15, 0.2) is 40.8 Å². The maximum absolute atomic E-state index is 5.02. The quantitative estimate of drug-likeness (QED) is 0.767. The number of anilines is 1. The number of hydrogen-bond donors (Lipinski definition) is 1. The summed E-state index contributed by atoms with van der Waals surface area (Å²) in [5, 5.41) is 6.44. The zero-order chi connectivity index (χ0) is 11.5. The average Bonchev–Trinajstić information content (AvgIpc) is 2.99. The molecular weight excluding hydrogens is 234 g/mol.